The van der Waals surface area contributed by atoms with Gasteiger partial charge in [0, 0.05) is 43.5 Å². The summed E-state index contributed by atoms with van der Waals surface area (Å²) >= 11 is 7.60. The minimum absolute atomic E-state index is 0.0754. The van der Waals surface area contributed by atoms with Crippen molar-refractivity contribution in [3.05, 3.63) is 75.4 Å². The average molecular weight is 456 g/mol. The van der Waals surface area contributed by atoms with Crippen LogP contribution in [-0.4, -0.2) is 50.0 Å². The van der Waals surface area contributed by atoms with Crippen molar-refractivity contribution in [3.63, 3.8) is 0 Å². The summed E-state index contributed by atoms with van der Waals surface area (Å²) in [5.74, 6) is 0.497. The first kappa shape index (κ1) is 21.2. The summed E-state index contributed by atoms with van der Waals surface area (Å²) in [4.78, 5) is 30.1. The van der Waals surface area contributed by atoms with Crippen LogP contribution < -0.4 is 15.0 Å². The molecule has 0 spiro atoms. The Morgan fingerprint density at radius 1 is 1.03 bits per heavy atom. The molecular formula is C23H22ClN3O3S. The van der Waals surface area contributed by atoms with E-state index in [4.69, 9.17) is 16.3 Å². The topological polar surface area (TPSA) is 61.9 Å². The Kier molecular flexibility index (Phi) is 6.44. The predicted molar refractivity (Wildman–Crippen MR) is 125 cm³/mol. The number of carbonyl (C=O) groups is 2. The van der Waals surface area contributed by atoms with E-state index in [1.54, 1.807) is 31.4 Å². The highest BCUT2D eigenvalue weighted by molar-refractivity contribution is 7.12. The number of hydrogen-bond donors (Lipinski definition) is 1. The van der Waals surface area contributed by atoms with E-state index in [1.807, 2.05) is 40.6 Å². The lowest BCUT2D eigenvalue weighted by molar-refractivity contribution is 0.0746. The van der Waals surface area contributed by atoms with Crippen LogP contribution in [0.1, 0.15) is 20.0 Å². The fourth-order valence-corrected chi connectivity index (χ4v) is 4.29. The van der Waals surface area contributed by atoms with Crippen LogP contribution in [0.15, 0.2) is 60.0 Å². The third-order valence-electron chi connectivity index (χ3n) is 5.19. The van der Waals surface area contributed by atoms with E-state index in [9.17, 15) is 9.59 Å². The lowest BCUT2D eigenvalue weighted by atomic mass is 10.1. The van der Waals surface area contributed by atoms with Crippen LogP contribution in [0.3, 0.4) is 0 Å². The number of anilines is 2. The van der Waals surface area contributed by atoms with Gasteiger partial charge in [0.05, 0.1) is 22.7 Å². The van der Waals surface area contributed by atoms with E-state index in [2.05, 4.69) is 10.2 Å². The normalized spacial score (nSPS) is 13.7. The summed E-state index contributed by atoms with van der Waals surface area (Å²) in [5, 5.41) is 5.03. The molecule has 160 valence electrons. The number of carbonyl (C=O) groups excluding carboxylic acids is 2. The van der Waals surface area contributed by atoms with Crippen LogP contribution >= 0.6 is 22.9 Å². The van der Waals surface area contributed by atoms with Gasteiger partial charge in [-0.25, -0.2) is 0 Å². The predicted octanol–water partition coefficient (Wildman–Crippen LogP) is 4.62. The molecule has 3 aromatic rings. The first-order valence-corrected chi connectivity index (χ1v) is 11.1. The molecule has 1 aromatic heterocycles. The number of ether oxygens (including phenoxy) is 1. The Morgan fingerprint density at radius 3 is 2.55 bits per heavy atom. The van der Waals surface area contributed by atoms with Crippen molar-refractivity contribution < 1.29 is 14.3 Å². The van der Waals surface area contributed by atoms with Crippen molar-refractivity contribution in [1.29, 1.82) is 0 Å². The molecular weight excluding hydrogens is 434 g/mol. The van der Waals surface area contributed by atoms with Crippen LogP contribution in [0, 0.1) is 0 Å². The number of nitrogens with zero attached hydrogens (tertiary/aromatic N) is 2. The van der Waals surface area contributed by atoms with Crippen LogP contribution in [0.5, 0.6) is 5.75 Å². The van der Waals surface area contributed by atoms with Gasteiger partial charge in [-0.3, -0.25) is 9.59 Å². The van der Waals surface area contributed by atoms with Gasteiger partial charge in [-0.15, -0.1) is 11.3 Å². The zero-order valence-electron chi connectivity index (χ0n) is 17.0. The Labute approximate surface area is 190 Å². The molecule has 0 saturated carbocycles. The number of benzene rings is 2. The third kappa shape index (κ3) is 4.84. The molecule has 31 heavy (non-hydrogen) atoms. The van der Waals surface area contributed by atoms with E-state index in [1.165, 1.54) is 11.3 Å². The van der Waals surface area contributed by atoms with Crippen LogP contribution in [0.2, 0.25) is 5.02 Å². The standard InChI is InChI=1S/C23H22ClN3O3S/c1-30-18-5-2-4-17(15-18)26-9-11-27(12-10-26)23(29)16-7-8-19(24)20(14-16)25-22(28)21-6-3-13-31-21/h2-8,13-15H,9-12H2,1H3,(H,25,28). The van der Waals surface area contributed by atoms with Crippen molar-refractivity contribution in [2.45, 2.75) is 0 Å². The van der Waals surface area contributed by atoms with Gasteiger partial charge in [-0.2, -0.15) is 0 Å². The summed E-state index contributed by atoms with van der Waals surface area (Å²) in [6.45, 7) is 2.67. The lowest BCUT2D eigenvalue weighted by Gasteiger charge is -2.36. The number of halogens is 1. The Bertz CT molecular complexity index is 1080. The maximum Gasteiger partial charge on any atom is 0.265 e. The molecule has 0 aliphatic carbocycles. The maximum atomic E-state index is 13.1. The molecule has 2 amide bonds. The lowest BCUT2D eigenvalue weighted by Crippen LogP contribution is -2.48. The number of thiophene rings is 1. The van der Waals surface area contributed by atoms with Gasteiger partial charge in [0.2, 0.25) is 0 Å². The third-order valence-corrected chi connectivity index (χ3v) is 6.39. The summed E-state index contributed by atoms with van der Waals surface area (Å²) in [6, 6.07) is 16.5. The first-order valence-electron chi connectivity index (χ1n) is 9.88. The van der Waals surface area contributed by atoms with E-state index < -0.39 is 0 Å². The largest absolute Gasteiger partial charge is 0.497 e. The van der Waals surface area contributed by atoms with Gasteiger partial charge in [0.25, 0.3) is 11.8 Å². The number of rotatable bonds is 5. The molecule has 0 bridgehead atoms. The molecule has 6 nitrogen and oxygen atoms in total. The minimum atomic E-state index is -0.242. The van der Waals surface area contributed by atoms with Crippen LogP contribution in [0.4, 0.5) is 11.4 Å². The number of methoxy groups -OCH3 is 1. The van der Waals surface area contributed by atoms with Crippen molar-refractivity contribution in [3.8, 4) is 5.75 Å². The molecule has 0 radical (unpaired) electrons. The number of amides is 2. The highest BCUT2D eigenvalue weighted by Gasteiger charge is 2.23. The van der Waals surface area contributed by atoms with Gasteiger partial charge >= 0.3 is 0 Å². The molecule has 1 saturated heterocycles. The smallest absolute Gasteiger partial charge is 0.265 e. The van der Waals surface area contributed by atoms with Gasteiger partial charge in [-0.05, 0) is 41.8 Å². The van der Waals surface area contributed by atoms with Gasteiger partial charge in [0.15, 0.2) is 0 Å². The molecule has 1 N–H and O–H groups in total. The molecule has 1 aliphatic rings. The van der Waals surface area contributed by atoms with Crippen molar-refractivity contribution in [2.75, 3.05) is 43.5 Å². The number of piperazine rings is 1. The van der Waals surface area contributed by atoms with Gasteiger partial charge < -0.3 is 19.9 Å². The zero-order valence-corrected chi connectivity index (χ0v) is 18.6. The average Bonchev–Trinajstić information content (AvgIpc) is 3.35. The first-order chi connectivity index (χ1) is 15.0. The highest BCUT2D eigenvalue weighted by atomic mass is 35.5. The second kappa shape index (κ2) is 9.41. The summed E-state index contributed by atoms with van der Waals surface area (Å²) in [7, 11) is 1.65. The van der Waals surface area contributed by atoms with Crippen LogP contribution in [-0.2, 0) is 0 Å². The maximum absolute atomic E-state index is 13.1. The molecule has 1 fully saturated rings. The summed E-state index contributed by atoms with van der Waals surface area (Å²) < 4.78 is 5.30. The Hall–Kier alpha value is -3.03. The monoisotopic (exact) mass is 455 g/mol. The second-order valence-corrected chi connectivity index (χ2v) is 8.46. The van der Waals surface area contributed by atoms with Gasteiger partial charge in [0.1, 0.15) is 5.75 Å². The molecule has 2 aromatic carbocycles. The van der Waals surface area contributed by atoms with Crippen molar-refractivity contribution in [1.82, 2.24) is 4.90 Å². The molecule has 4 rings (SSSR count). The SMILES string of the molecule is COc1cccc(N2CCN(C(=O)c3ccc(Cl)c(NC(=O)c4cccs4)c3)CC2)c1. The Morgan fingerprint density at radius 2 is 1.84 bits per heavy atom. The van der Waals surface area contributed by atoms with Crippen molar-refractivity contribution >= 4 is 46.1 Å². The fraction of sp³-hybridized carbons (Fsp3) is 0.217. The number of nitrogens with one attached hydrogen (secondary N) is 1. The summed E-state index contributed by atoms with van der Waals surface area (Å²) in [6.07, 6.45) is 0. The highest BCUT2D eigenvalue weighted by Crippen LogP contribution is 2.26. The fourth-order valence-electron chi connectivity index (χ4n) is 3.50. The Balaban J connectivity index is 1.42. The quantitative estimate of drug-likeness (QED) is 0.609. The molecule has 1 aliphatic heterocycles. The zero-order chi connectivity index (χ0) is 21.8. The van der Waals surface area contributed by atoms with E-state index in [0.29, 0.717) is 34.2 Å². The van der Waals surface area contributed by atoms with E-state index in [0.717, 1.165) is 24.5 Å². The second-order valence-electron chi connectivity index (χ2n) is 7.11. The van der Waals surface area contributed by atoms with Crippen molar-refractivity contribution in [2.24, 2.45) is 0 Å². The van der Waals surface area contributed by atoms with Crippen LogP contribution in [0.25, 0.3) is 0 Å². The minimum Gasteiger partial charge on any atom is -0.497 e. The van der Waals surface area contributed by atoms with E-state index >= 15 is 0 Å². The van der Waals surface area contributed by atoms with Gasteiger partial charge in [-0.1, -0.05) is 23.7 Å². The molecule has 0 atom stereocenters. The van der Waals surface area contributed by atoms with E-state index in [-0.39, 0.29) is 11.8 Å². The molecule has 8 heteroatoms. The number of hydrogen-bond acceptors (Lipinski definition) is 5. The summed E-state index contributed by atoms with van der Waals surface area (Å²) in [5.41, 5.74) is 2.01. The molecule has 0 unspecified atom stereocenters. The molecule has 2 heterocycles.